The van der Waals surface area contributed by atoms with E-state index in [1.807, 2.05) is 18.0 Å². The molecule has 1 atom stereocenters. The van der Waals surface area contributed by atoms with E-state index in [1.54, 1.807) is 13.1 Å². The number of hydrogen-bond donors (Lipinski definition) is 2. The van der Waals surface area contributed by atoms with Gasteiger partial charge in [0.1, 0.15) is 11.9 Å². The molecule has 100 valence electrons. The van der Waals surface area contributed by atoms with Gasteiger partial charge in [0, 0.05) is 13.1 Å². The minimum atomic E-state index is -0.866. The van der Waals surface area contributed by atoms with Gasteiger partial charge in [-0.15, -0.1) is 0 Å². The van der Waals surface area contributed by atoms with E-state index in [4.69, 9.17) is 5.11 Å². The van der Waals surface area contributed by atoms with Crippen LogP contribution in [0.3, 0.4) is 0 Å². The second kappa shape index (κ2) is 7.08. The Hall–Kier alpha value is -1.46. The average Bonchev–Trinajstić information content (AvgIpc) is 2.33. The Kier molecular flexibility index (Phi) is 5.74. The number of carboxylic acid groups (broad SMARTS) is 1. The molecule has 1 aromatic carbocycles. The summed E-state index contributed by atoms with van der Waals surface area (Å²) in [4.78, 5) is 12.8. The highest BCUT2D eigenvalue weighted by Gasteiger charge is 2.16. The molecule has 0 fully saturated rings. The zero-order chi connectivity index (χ0) is 13.5. The highest BCUT2D eigenvalue weighted by molar-refractivity contribution is 5.73. The molecule has 0 aromatic heterocycles. The van der Waals surface area contributed by atoms with Crippen molar-refractivity contribution in [2.45, 2.75) is 12.5 Å². The maximum atomic E-state index is 13.0. The molecule has 0 aliphatic heterocycles. The first-order chi connectivity index (χ1) is 8.52. The predicted molar refractivity (Wildman–Crippen MR) is 68.1 cm³/mol. The van der Waals surface area contributed by atoms with Gasteiger partial charge in [-0.3, -0.25) is 4.79 Å². The maximum Gasteiger partial charge on any atom is 0.322 e. The molecule has 0 saturated heterocycles. The Morgan fingerprint density at radius 3 is 2.83 bits per heavy atom. The first-order valence-corrected chi connectivity index (χ1v) is 5.86. The van der Waals surface area contributed by atoms with Crippen LogP contribution in [0, 0.1) is 5.82 Å². The molecular formula is C13H19FN2O2. The third-order valence-corrected chi connectivity index (χ3v) is 2.81. The summed E-state index contributed by atoms with van der Waals surface area (Å²) >= 11 is 0. The summed E-state index contributed by atoms with van der Waals surface area (Å²) in [5.41, 5.74) is 0.915. The molecule has 1 aromatic rings. The van der Waals surface area contributed by atoms with Crippen LogP contribution >= 0.6 is 0 Å². The Morgan fingerprint density at radius 2 is 2.28 bits per heavy atom. The average molecular weight is 254 g/mol. The van der Waals surface area contributed by atoms with Gasteiger partial charge in [-0.1, -0.05) is 12.1 Å². The normalized spacial score (nSPS) is 12.7. The van der Waals surface area contributed by atoms with Crippen molar-refractivity contribution in [2.75, 3.05) is 27.2 Å². The third kappa shape index (κ3) is 4.81. The van der Waals surface area contributed by atoms with E-state index < -0.39 is 12.0 Å². The van der Waals surface area contributed by atoms with Gasteiger partial charge in [-0.25, -0.2) is 4.39 Å². The number of benzene rings is 1. The van der Waals surface area contributed by atoms with Crippen molar-refractivity contribution >= 4 is 5.97 Å². The van der Waals surface area contributed by atoms with Crippen molar-refractivity contribution in [3.63, 3.8) is 0 Å². The molecule has 0 bridgehead atoms. The monoisotopic (exact) mass is 254 g/mol. The molecule has 18 heavy (non-hydrogen) atoms. The molecule has 0 radical (unpaired) electrons. The lowest BCUT2D eigenvalue weighted by atomic mass is 10.1. The number of nitrogens with zero attached hydrogens (tertiary/aromatic N) is 1. The van der Waals surface area contributed by atoms with E-state index in [2.05, 4.69) is 5.32 Å². The number of carbonyl (C=O) groups is 1. The standard InChI is InChI=1S/C13H19FN2O2/c1-15-12(13(17)18)9-16(2)7-6-10-4-3-5-11(14)8-10/h3-5,8,12,15H,6-7,9H2,1-2H3,(H,17,18). The smallest absolute Gasteiger partial charge is 0.322 e. The van der Waals surface area contributed by atoms with E-state index in [-0.39, 0.29) is 5.82 Å². The van der Waals surface area contributed by atoms with E-state index in [0.717, 1.165) is 5.56 Å². The van der Waals surface area contributed by atoms with Gasteiger partial charge in [0.15, 0.2) is 0 Å². The van der Waals surface area contributed by atoms with E-state index >= 15 is 0 Å². The third-order valence-electron chi connectivity index (χ3n) is 2.81. The summed E-state index contributed by atoms with van der Waals surface area (Å²) in [6.07, 6.45) is 0.699. The molecule has 1 unspecified atom stereocenters. The van der Waals surface area contributed by atoms with Gasteiger partial charge in [0.05, 0.1) is 0 Å². The number of halogens is 1. The van der Waals surface area contributed by atoms with Crippen molar-refractivity contribution in [2.24, 2.45) is 0 Å². The number of hydrogen-bond acceptors (Lipinski definition) is 3. The summed E-state index contributed by atoms with van der Waals surface area (Å²) in [6, 6.07) is 5.87. The summed E-state index contributed by atoms with van der Waals surface area (Å²) in [5, 5.41) is 11.6. The van der Waals surface area contributed by atoms with Crippen LogP contribution in [0.25, 0.3) is 0 Å². The first-order valence-electron chi connectivity index (χ1n) is 5.86. The Labute approximate surface area is 106 Å². The molecule has 5 heteroatoms. The molecular weight excluding hydrogens is 235 g/mol. The number of rotatable bonds is 7. The fourth-order valence-corrected chi connectivity index (χ4v) is 1.71. The highest BCUT2D eigenvalue weighted by Crippen LogP contribution is 2.05. The number of nitrogens with one attached hydrogen (secondary N) is 1. The Bertz CT molecular complexity index is 398. The van der Waals surface area contributed by atoms with Gasteiger partial charge in [-0.2, -0.15) is 0 Å². The molecule has 0 heterocycles. The fourth-order valence-electron chi connectivity index (χ4n) is 1.71. The van der Waals surface area contributed by atoms with Gasteiger partial charge in [-0.05, 0) is 38.2 Å². The van der Waals surface area contributed by atoms with Crippen molar-refractivity contribution in [3.8, 4) is 0 Å². The molecule has 0 aliphatic rings. The SMILES string of the molecule is CNC(CN(C)CCc1cccc(F)c1)C(=O)O. The lowest BCUT2D eigenvalue weighted by Crippen LogP contribution is -2.43. The second-order valence-corrected chi connectivity index (χ2v) is 4.32. The molecule has 0 spiro atoms. The number of likely N-dealkylation sites (N-methyl/N-ethyl adjacent to an activating group) is 2. The molecule has 0 aliphatic carbocycles. The van der Waals surface area contributed by atoms with Gasteiger partial charge < -0.3 is 15.3 Å². The topological polar surface area (TPSA) is 52.6 Å². The van der Waals surface area contributed by atoms with Crippen LogP contribution in [0.5, 0.6) is 0 Å². The van der Waals surface area contributed by atoms with Crippen molar-refractivity contribution in [1.29, 1.82) is 0 Å². The Balaban J connectivity index is 2.41. The van der Waals surface area contributed by atoms with Gasteiger partial charge >= 0.3 is 5.97 Å². The second-order valence-electron chi connectivity index (χ2n) is 4.32. The van der Waals surface area contributed by atoms with Gasteiger partial charge in [0.25, 0.3) is 0 Å². The van der Waals surface area contributed by atoms with Crippen LogP contribution in [0.15, 0.2) is 24.3 Å². The lowest BCUT2D eigenvalue weighted by Gasteiger charge is -2.20. The van der Waals surface area contributed by atoms with E-state index in [1.165, 1.54) is 12.1 Å². The van der Waals surface area contributed by atoms with E-state index in [9.17, 15) is 9.18 Å². The van der Waals surface area contributed by atoms with Crippen molar-refractivity contribution in [3.05, 3.63) is 35.6 Å². The molecule has 0 saturated carbocycles. The predicted octanol–water partition coefficient (Wildman–Crippen LogP) is 0.973. The quantitative estimate of drug-likeness (QED) is 0.761. The van der Waals surface area contributed by atoms with Crippen LogP contribution in [-0.2, 0) is 11.2 Å². The Morgan fingerprint density at radius 1 is 1.56 bits per heavy atom. The van der Waals surface area contributed by atoms with Crippen LogP contribution < -0.4 is 5.32 Å². The number of aliphatic carboxylic acids is 1. The summed E-state index contributed by atoms with van der Waals surface area (Å²) in [5.74, 6) is -1.11. The highest BCUT2D eigenvalue weighted by atomic mass is 19.1. The summed E-state index contributed by atoms with van der Waals surface area (Å²) in [7, 11) is 3.48. The van der Waals surface area contributed by atoms with Gasteiger partial charge in [0.2, 0.25) is 0 Å². The molecule has 0 amide bonds. The van der Waals surface area contributed by atoms with Crippen LogP contribution in [0.4, 0.5) is 4.39 Å². The zero-order valence-electron chi connectivity index (χ0n) is 10.7. The summed E-state index contributed by atoms with van der Waals surface area (Å²) in [6.45, 7) is 1.11. The molecule has 4 nitrogen and oxygen atoms in total. The van der Waals surface area contributed by atoms with Crippen molar-refractivity contribution in [1.82, 2.24) is 10.2 Å². The fraction of sp³-hybridized carbons (Fsp3) is 0.462. The zero-order valence-corrected chi connectivity index (χ0v) is 10.7. The van der Waals surface area contributed by atoms with Crippen LogP contribution in [-0.4, -0.2) is 49.2 Å². The minimum absolute atomic E-state index is 0.242. The van der Waals surface area contributed by atoms with E-state index in [0.29, 0.717) is 19.5 Å². The maximum absolute atomic E-state index is 13.0. The van der Waals surface area contributed by atoms with Crippen LogP contribution in [0.1, 0.15) is 5.56 Å². The molecule has 2 N–H and O–H groups in total. The lowest BCUT2D eigenvalue weighted by molar-refractivity contribution is -0.139. The largest absolute Gasteiger partial charge is 0.480 e. The molecule has 1 rings (SSSR count). The number of carboxylic acids is 1. The first kappa shape index (κ1) is 14.6. The van der Waals surface area contributed by atoms with Crippen LogP contribution in [0.2, 0.25) is 0 Å². The minimum Gasteiger partial charge on any atom is -0.480 e. The summed E-state index contributed by atoms with van der Waals surface area (Å²) < 4.78 is 13.0. The van der Waals surface area contributed by atoms with Crippen molar-refractivity contribution < 1.29 is 14.3 Å².